The molecule has 0 radical (unpaired) electrons. The standard InChI is InChI=1S/C7H11N3O/c11-7-3-6(9-10-7)5-1-2-8-4-5/h3,5,8H,1-2,4H2,(H2,9,10,11)/t5-/m1/s1. The molecule has 0 saturated carbocycles. The Bertz CT molecular complexity index is 282. The molecular weight excluding hydrogens is 142 g/mol. The topological polar surface area (TPSA) is 60.7 Å². The van der Waals surface area contributed by atoms with E-state index in [4.69, 9.17) is 0 Å². The van der Waals surface area contributed by atoms with Crippen LogP contribution in [-0.2, 0) is 0 Å². The van der Waals surface area contributed by atoms with Gasteiger partial charge in [-0.15, -0.1) is 0 Å². The minimum atomic E-state index is -0.0353. The van der Waals surface area contributed by atoms with Crippen molar-refractivity contribution in [2.75, 3.05) is 13.1 Å². The van der Waals surface area contributed by atoms with Gasteiger partial charge in [0.15, 0.2) is 0 Å². The maximum absolute atomic E-state index is 10.7. The lowest BCUT2D eigenvalue weighted by atomic mass is 10.1. The fourth-order valence-corrected chi connectivity index (χ4v) is 1.49. The van der Waals surface area contributed by atoms with Gasteiger partial charge in [0.1, 0.15) is 0 Å². The van der Waals surface area contributed by atoms with Crippen molar-refractivity contribution in [2.24, 2.45) is 0 Å². The van der Waals surface area contributed by atoms with E-state index < -0.39 is 0 Å². The predicted octanol–water partition coefficient (Wildman–Crippen LogP) is -0.220. The zero-order valence-corrected chi connectivity index (χ0v) is 6.18. The molecule has 1 aromatic heterocycles. The van der Waals surface area contributed by atoms with Crippen LogP contribution in [0.4, 0.5) is 0 Å². The molecule has 1 aliphatic rings. The molecule has 0 unspecified atom stereocenters. The molecule has 1 fully saturated rings. The van der Waals surface area contributed by atoms with Gasteiger partial charge in [0, 0.05) is 24.2 Å². The smallest absolute Gasteiger partial charge is 0.264 e. The molecule has 11 heavy (non-hydrogen) atoms. The lowest BCUT2D eigenvalue weighted by molar-refractivity contribution is 0.729. The van der Waals surface area contributed by atoms with Crippen LogP contribution in [0.5, 0.6) is 0 Å². The van der Waals surface area contributed by atoms with Crippen molar-refractivity contribution in [3.05, 3.63) is 22.1 Å². The third kappa shape index (κ3) is 1.21. The van der Waals surface area contributed by atoms with Crippen LogP contribution in [0, 0.1) is 0 Å². The quantitative estimate of drug-likeness (QED) is 0.522. The molecule has 0 spiro atoms. The summed E-state index contributed by atoms with van der Waals surface area (Å²) in [6.07, 6.45) is 1.12. The fraction of sp³-hybridized carbons (Fsp3) is 0.571. The van der Waals surface area contributed by atoms with E-state index in [0.717, 1.165) is 25.2 Å². The number of nitrogens with one attached hydrogen (secondary N) is 3. The zero-order valence-electron chi connectivity index (χ0n) is 6.18. The lowest BCUT2D eigenvalue weighted by Gasteiger charge is -2.02. The highest BCUT2D eigenvalue weighted by molar-refractivity contribution is 5.08. The Morgan fingerprint density at radius 2 is 2.36 bits per heavy atom. The van der Waals surface area contributed by atoms with E-state index in [-0.39, 0.29) is 5.56 Å². The number of hydrogen-bond acceptors (Lipinski definition) is 2. The van der Waals surface area contributed by atoms with Gasteiger partial charge in [-0.2, -0.15) is 0 Å². The summed E-state index contributed by atoms with van der Waals surface area (Å²) in [4.78, 5) is 10.7. The van der Waals surface area contributed by atoms with Crippen molar-refractivity contribution >= 4 is 0 Å². The molecule has 1 aromatic rings. The highest BCUT2D eigenvalue weighted by Gasteiger charge is 2.17. The Balaban J connectivity index is 2.21. The number of hydrogen-bond donors (Lipinski definition) is 3. The van der Waals surface area contributed by atoms with Crippen LogP contribution in [0.2, 0.25) is 0 Å². The van der Waals surface area contributed by atoms with Crippen molar-refractivity contribution in [1.82, 2.24) is 15.5 Å². The van der Waals surface area contributed by atoms with E-state index in [9.17, 15) is 4.79 Å². The molecular formula is C7H11N3O. The molecule has 1 aliphatic heterocycles. The largest absolute Gasteiger partial charge is 0.316 e. The van der Waals surface area contributed by atoms with E-state index in [1.165, 1.54) is 0 Å². The first-order valence-electron chi connectivity index (χ1n) is 3.84. The summed E-state index contributed by atoms with van der Waals surface area (Å²) >= 11 is 0. The molecule has 2 rings (SSSR count). The summed E-state index contributed by atoms with van der Waals surface area (Å²) in [5.41, 5.74) is 0.993. The number of aromatic nitrogens is 2. The van der Waals surface area contributed by atoms with Crippen molar-refractivity contribution < 1.29 is 0 Å². The van der Waals surface area contributed by atoms with Crippen LogP contribution in [-0.4, -0.2) is 23.3 Å². The first kappa shape index (κ1) is 6.67. The monoisotopic (exact) mass is 153 g/mol. The van der Waals surface area contributed by atoms with Gasteiger partial charge in [0.2, 0.25) is 0 Å². The Morgan fingerprint density at radius 3 is 2.91 bits per heavy atom. The maximum Gasteiger partial charge on any atom is 0.264 e. The highest BCUT2D eigenvalue weighted by Crippen LogP contribution is 2.17. The van der Waals surface area contributed by atoms with Crippen molar-refractivity contribution in [1.29, 1.82) is 0 Å². The minimum absolute atomic E-state index is 0.0353. The van der Waals surface area contributed by atoms with Crippen molar-refractivity contribution in [3.8, 4) is 0 Å². The maximum atomic E-state index is 10.7. The lowest BCUT2D eigenvalue weighted by Crippen LogP contribution is -2.08. The van der Waals surface area contributed by atoms with Gasteiger partial charge < -0.3 is 10.4 Å². The Kier molecular flexibility index (Phi) is 1.54. The Morgan fingerprint density at radius 1 is 1.45 bits per heavy atom. The normalized spacial score (nSPS) is 24.2. The molecule has 1 saturated heterocycles. The second-order valence-electron chi connectivity index (χ2n) is 2.90. The van der Waals surface area contributed by atoms with E-state index in [1.54, 1.807) is 6.07 Å². The van der Waals surface area contributed by atoms with Crippen LogP contribution in [0.15, 0.2) is 10.9 Å². The first-order chi connectivity index (χ1) is 5.36. The van der Waals surface area contributed by atoms with Gasteiger partial charge in [0.05, 0.1) is 0 Å². The average Bonchev–Trinajstić information content (AvgIpc) is 2.55. The zero-order chi connectivity index (χ0) is 7.68. The number of rotatable bonds is 1. The third-order valence-electron chi connectivity index (χ3n) is 2.12. The average molecular weight is 153 g/mol. The Hall–Kier alpha value is -1.03. The number of aromatic amines is 2. The summed E-state index contributed by atoms with van der Waals surface area (Å²) in [5.74, 6) is 0.494. The summed E-state index contributed by atoms with van der Waals surface area (Å²) in [7, 11) is 0. The summed E-state index contributed by atoms with van der Waals surface area (Å²) < 4.78 is 0. The summed E-state index contributed by atoms with van der Waals surface area (Å²) in [6, 6.07) is 1.64. The molecule has 0 aromatic carbocycles. The Labute approximate surface area is 64.0 Å². The second-order valence-corrected chi connectivity index (χ2v) is 2.90. The van der Waals surface area contributed by atoms with Crippen molar-refractivity contribution in [3.63, 3.8) is 0 Å². The molecule has 60 valence electrons. The minimum Gasteiger partial charge on any atom is -0.316 e. The van der Waals surface area contributed by atoms with Crippen LogP contribution in [0.1, 0.15) is 18.0 Å². The van der Waals surface area contributed by atoms with Gasteiger partial charge >= 0.3 is 0 Å². The summed E-state index contributed by atoms with van der Waals surface area (Å²) in [5, 5.41) is 8.65. The fourth-order valence-electron chi connectivity index (χ4n) is 1.49. The van der Waals surface area contributed by atoms with Gasteiger partial charge in [0.25, 0.3) is 5.56 Å². The van der Waals surface area contributed by atoms with Gasteiger partial charge in [-0.05, 0) is 13.0 Å². The second kappa shape index (κ2) is 2.54. The van der Waals surface area contributed by atoms with Gasteiger partial charge in [-0.25, -0.2) is 0 Å². The highest BCUT2D eigenvalue weighted by atomic mass is 16.1. The van der Waals surface area contributed by atoms with E-state index in [1.807, 2.05) is 0 Å². The molecule has 3 N–H and O–H groups in total. The predicted molar refractivity (Wildman–Crippen MR) is 41.6 cm³/mol. The van der Waals surface area contributed by atoms with Crippen LogP contribution < -0.4 is 10.9 Å². The molecule has 0 bridgehead atoms. The van der Waals surface area contributed by atoms with Gasteiger partial charge in [-0.1, -0.05) is 0 Å². The molecule has 0 aliphatic carbocycles. The number of H-pyrrole nitrogens is 2. The van der Waals surface area contributed by atoms with Crippen LogP contribution in [0.25, 0.3) is 0 Å². The molecule has 4 nitrogen and oxygen atoms in total. The molecule has 1 atom stereocenters. The summed E-state index contributed by atoms with van der Waals surface area (Å²) in [6.45, 7) is 2.03. The van der Waals surface area contributed by atoms with E-state index in [0.29, 0.717) is 5.92 Å². The molecule has 2 heterocycles. The van der Waals surface area contributed by atoms with Crippen LogP contribution in [0.3, 0.4) is 0 Å². The molecule has 4 heteroatoms. The van der Waals surface area contributed by atoms with Crippen LogP contribution >= 0.6 is 0 Å². The van der Waals surface area contributed by atoms with E-state index >= 15 is 0 Å². The van der Waals surface area contributed by atoms with Gasteiger partial charge in [-0.3, -0.25) is 9.89 Å². The first-order valence-corrected chi connectivity index (χ1v) is 3.84. The van der Waals surface area contributed by atoms with Crippen molar-refractivity contribution in [2.45, 2.75) is 12.3 Å². The third-order valence-corrected chi connectivity index (χ3v) is 2.12. The molecule has 0 amide bonds. The SMILES string of the molecule is O=c1cc([C@@H]2CCNC2)[nH][nH]1. The van der Waals surface area contributed by atoms with E-state index in [2.05, 4.69) is 15.5 Å².